The Kier molecular flexibility index (Phi) is 2.52. The van der Waals surface area contributed by atoms with Gasteiger partial charge in [0.15, 0.2) is 5.65 Å². The number of H-pyrrole nitrogens is 1. The second-order valence-electron chi connectivity index (χ2n) is 4.26. The summed E-state index contributed by atoms with van der Waals surface area (Å²) in [5.74, 6) is 1.33. The molecule has 0 bridgehead atoms. The van der Waals surface area contributed by atoms with E-state index in [1.54, 1.807) is 6.07 Å². The van der Waals surface area contributed by atoms with Crippen molar-refractivity contribution in [1.29, 1.82) is 0 Å². The second-order valence-corrected chi connectivity index (χ2v) is 4.26. The highest BCUT2D eigenvalue weighted by atomic mass is 16.2. The number of hydrogen-bond acceptors (Lipinski definition) is 5. The summed E-state index contributed by atoms with van der Waals surface area (Å²) in [4.78, 5) is 11.3. The van der Waals surface area contributed by atoms with Crippen molar-refractivity contribution in [3.8, 4) is 0 Å². The molecule has 3 N–H and O–H groups in total. The maximum Gasteiger partial charge on any atom is 0.364 e. The zero-order valence-electron chi connectivity index (χ0n) is 9.31. The average molecular weight is 234 g/mol. The number of hydrogen-bond donors (Lipinski definition) is 3. The molecule has 0 spiro atoms. The summed E-state index contributed by atoms with van der Waals surface area (Å²) >= 11 is 0. The minimum absolute atomic E-state index is 0.314. The lowest BCUT2D eigenvalue weighted by Gasteiger charge is -2.09. The molecule has 1 atom stereocenters. The quantitative estimate of drug-likeness (QED) is 0.662. The van der Waals surface area contributed by atoms with E-state index in [-0.39, 0.29) is 5.69 Å². The molecule has 0 saturated carbocycles. The first-order valence-electron chi connectivity index (χ1n) is 5.72. The number of nitrogens with one attached hydrogen (secondary N) is 3. The lowest BCUT2D eigenvalue weighted by molar-refractivity contribution is 0.613. The molecule has 1 aliphatic heterocycles. The zero-order valence-corrected chi connectivity index (χ0v) is 9.31. The maximum absolute atomic E-state index is 11.3. The fourth-order valence-corrected chi connectivity index (χ4v) is 2.03. The molecule has 0 aromatic carbocycles. The third kappa shape index (κ3) is 2.01. The minimum atomic E-state index is -0.314. The van der Waals surface area contributed by atoms with Crippen molar-refractivity contribution >= 4 is 11.5 Å². The fraction of sp³-hybridized carbons (Fsp3) is 0.500. The van der Waals surface area contributed by atoms with Gasteiger partial charge in [-0.3, -0.25) is 0 Å². The van der Waals surface area contributed by atoms with Crippen molar-refractivity contribution in [3.05, 3.63) is 22.6 Å². The number of rotatable bonds is 3. The first-order valence-corrected chi connectivity index (χ1v) is 5.72. The lowest BCUT2D eigenvalue weighted by Crippen LogP contribution is -2.19. The summed E-state index contributed by atoms with van der Waals surface area (Å²) in [5.41, 5.74) is 0.217. The summed E-state index contributed by atoms with van der Waals surface area (Å²) in [7, 11) is 0. The SMILES string of the molecule is O=c1[nH]nc2ccc(NCC3CCNC3)nn12. The van der Waals surface area contributed by atoms with Crippen molar-refractivity contribution < 1.29 is 0 Å². The fourth-order valence-electron chi connectivity index (χ4n) is 2.03. The molecule has 0 aliphatic carbocycles. The van der Waals surface area contributed by atoms with E-state index in [2.05, 4.69) is 25.9 Å². The van der Waals surface area contributed by atoms with Gasteiger partial charge in [-0.25, -0.2) is 9.89 Å². The van der Waals surface area contributed by atoms with Gasteiger partial charge in [0, 0.05) is 6.54 Å². The molecule has 1 aliphatic rings. The number of aromatic amines is 1. The lowest BCUT2D eigenvalue weighted by atomic mass is 10.1. The molecule has 3 rings (SSSR count). The Labute approximate surface area is 97.2 Å². The van der Waals surface area contributed by atoms with Gasteiger partial charge in [-0.15, -0.1) is 5.10 Å². The Balaban J connectivity index is 1.75. The van der Waals surface area contributed by atoms with Crippen LogP contribution in [0.1, 0.15) is 6.42 Å². The van der Waals surface area contributed by atoms with E-state index in [0.29, 0.717) is 17.4 Å². The van der Waals surface area contributed by atoms with E-state index in [1.165, 1.54) is 10.9 Å². The molecule has 1 fully saturated rings. The highest BCUT2D eigenvalue weighted by molar-refractivity contribution is 5.42. The molecule has 2 aromatic heterocycles. The number of fused-ring (bicyclic) bond motifs is 1. The van der Waals surface area contributed by atoms with Crippen molar-refractivity contribution in [1.82, 2.24) is 25.1 Å². The first kappa shape index (κ1) is 10.3. The van der Waals surface area contributed by atoms with Gasteiger partial charge in [0.1, 0.15) is 5.82 Å². The Morgan fingerprint density at radius 1 is 1.53 bits per heavy atom. The summed E-state index contributed by atoms with van der Waals surface area (Å²) in [6, 6.07) is 3.60. The normalized spacial score (nSPS) is 19.9. The van der Waals surface area contributed by atoms with E-state index in [4.69, 9.17) is 0 Å². The van der Waals surface area contributed by atoms with Crippen LogP contribution in [0, 0.1) is 5.92 Å². The average Bonchev–Trinajstić information content (AvgIpc) is 2.97. The summed E-state index contributed by atoms with van der Waals surface area (Å²) in [6.45, 7) is 3.00. The summed E-state index contributed by atoms with van der Waals surface area (Å²) < 4.78 is 1.26. The molecule has 3 heterocycles. The van der Waals surface area contributed by atoms with Crippen LogP contribution in [0.25, 0.3) is 5.65 Å². The highest BCUT2D eigenvalue weighted by Crippen LogP contribution is 2.09. The van der Waals surface area contributed by atoms with E-state index < -0.39 is 0 Å². The molecular weight excluding hydrogens is 220 g/mol. The molecule has 1 unspecified atom stereocenters. The van der Waals surface area contributed by atoms with Gasteiger partial charge in [-0.2, -0.15) is 9.61 Å². The standard InChI is InChI=1S/C10H14N6O/c17-10-14-13-9-2-1-8(15-16(9)10)12-6-7-3-4-11-5-7/h1-2,7,11H,3-6H2,(H,12,15)(H,14,17). The van der Waals surface area contributed by atoms with Crippen LogP contribution in [0.15, 0.2) is 16.9 Å². The first-order chi connectivity index (χ1) is 8.33. The van der Waals surface area contributed by atoms with Crippen molar-refractivity contribution in [2.45, 2.75) is 6.42 Å². The molecule has 7 heteroatoms. The molecule has 17 heavy (non-hydrogen) atoms. The van der Waals surface area contributed by atoms with E-state index in [0.717, 1.165) is 19.6 Å². The van der Waals surface area contributed by atoms with Crippen LogP contribution in [0.5, 0.6) is 0 Å². The predicted molar refractivity (Wildman–Crippen MR) is 63.1 cm³/mol. The smallest absolute Gasteiger partial charge is 0.364 e. The third-order valence-corrected chi connectivity index (χ3v) is 3.01. The Morgan fingerprint density at radius 3 is 3.29 bits per heavy atom. The maximum atomic E-state index is 11.3. The highest BCUT2D eigenvalue weighted by Gasteiger charge is 2.14. The molecule has 2 aromatic rings. The van der Waals surface area contributed by atoms with Crippen molar-refractivity contribution in [3.63, 3.8) is 0 Å². The minimum Gasteiger partial charge on any atom is -0.368 e. The van der Waals surface area contributed by atoms with Crippen LogP contribution in [0.3, 0.4) is 0 Å². The summed E-state index contributed by atoms with van der Waals surface area (Å²) in [6.07, 6.45) is 1.18. The number of nitrogens with zero attached hydrogens (tertiary/aromatic N) is 3. The summed E-state index contributed by atoms with van der Waals surface area (Å²) in [5, 5.41) is 16.9. The van der Waals surface area contributed by atoms with Crippen LogP contribution in [0.2, 0.25) is 0 Å². The van der Waals surface area contributed by atoms with Crippen molar-refractivity contribution in [2.24, 2.45) is 5.92 Å². The van der Waals surface area contributed by atoms with Gasteiger partial charge in [0.05, 0.1) is 0 Å². The monoisotopic (exact) mass is 234 g/mol. The van der Waals surface area contributed by atoms with Crippen LogP contribution in [-0.4, -0.2) is 39.4 Å². The van der Waals surface area contributed by atoms with Crippen molar-refractivity contribution in [2.75, 3.05) is 25.0 Å². The molecule has 7 nitrogen and oxygen atoms in total. The van der Waals surface area contributed by atoms with Crippen LogP contribution in [-0.2, 0) is 0 Å². The number of aromatic nitrogens is 4. The van der Waals surface area contributed by atoms with Gasteiger partial charge in [0.25, 0.3) is 0 Å². The second kappa shape index (κ2) is 4.17. The van der Waals surface area contributed by atoms with Gasteiger partial charge in [-0.05, 0) is 37.6 Å². The Hall–Kier alpha value is -1.89. The van der Waals surface area contributed by atoms with Gasteiger partial charge < -0.3 is 10.6 Å². The van der Waals surface area contributed by atoms with Gasteiger partial charge in [-0.1, -0.05) is 0 Å². The van der Waals surface area contributed by atoms with Gasteiger partial charge >= 0.3 is 5.69 Å². The van der Waals surface area contributed by atoms with E-state index in [1.807, 2.05) is 6.07 Å². The Bertz CT molecular complexity index is 567. The molecule has 1 saturated heterocycles. The third-order valence-electron chi connectivity index (χ3n) is 3.01. The predicted octanol–water partition coefficient (Wildman–Crippen LogP) is -0.561. The van der Waals surface area contributed by atoms with Crippen LogP contribution >= 0.6 is 0 Å². The molecule has 0 amide bonds. The molecule has 90 valence electrons. The van der Waals surface area contributed by atoms with Gasteiger partial charge in [0.2, 0.25) is 0 Å². The Morgan fingerprint density at radius 2 is 2.47 bits per heavy atom. The number of anilines is 1. The largest absolute Gasteiger partial charge is 0.368 e. The molecular formula is C10H14N6O. The van der Waals surface area contributed by atoms with E-state index in [9.17, 15) is 4.79 Å². The topological polar surface area (TPSA) is 87.1 Å². The van der Waals surface area contributed by atoms with E-state index >= 15 is 0 Å². The molecule has 0 radical (unpaired) electrons. The van der Waals surface area contributed by atoms with Crippen LogP contribution < -0.4 is 16.3 Å². The zero-order chi connectivity index (χ0) is 11.7. The van der Waals surface area contributed by atoms with Crippen LogP contribution in [0.4, 0.5) is 5.82 Å².